The molecule has 0 bridgehead atoms. The first-order chi connectivity index (χ1) is 9.69. The van der Waals surface area contributed by atoms with E-state index in [1.165, 1.54) is 18.8 Å². The lowest BCUT2D eigenvalue weighted by molar-refractivity contribution is -0.162. The first-order valence-electron chi connectivity index (χ1n) is 6.22. The Hall–Kier alpha value is -1.22. The molecule has 1 unspecified atom stereocenters. The zero-order valence-corrected chi connectivity index (χ0v) is 12.4. The minimum atomic E-state index is 0.0105. The number of hydrogen-bond acceptors (Lipinski definition) is 7. The number of carbonyl (C=O) groups is 1. The van der Waals surface area contributed by atoms with Gasteiger partial charge in [0.2, 0.25) is 0 Å². The Kier molecular flexibility index (Phi) is 5.30. The Balaban J connectivity index is 2.22. The quantitative estimate of drug-likeness (QED) is 0.322. The predicted octanol–water partition coefficient (Wildman–Crippen LogP) is 0.867. The molecule has 8 heteroatoms. The molecule has 2 rings (SSSR count). The first-order valence-corrected chi connectivity index (χ1v) is 7.04. The zero-order chi connectivity index (χ0) is 14.5. The van der Waals surface area contributed by atoms with Gasteiger partial charge in [0.15, 0.2) is 0 Å². The van der Waals surface area contributed by atoms with Gasteiger partial charge in [0, 0.05) is 20.1 Å². The first kappa shape index (κ1) is 15.2. The van der Waals surface area contributed by atoms with Gasteiger partial charge in [0.05, 0.1) is 36.5 Å². The lowest BCUT2D eigenvalue weighted by Gasteiger charge is -2.35. The van der Waals surface area contributed by atoms with Crippen LogP contribution in [0, 0.1) is 0 Å². The summed E-state index contributed by atoms with van der Waals surface area (Å²) < 4.78 is 5.21. The van der Waals surface area contributed by atoms with E-state index in [0.717, 1.165) is 16.8 Å². The van der Waals surface area contributed by atoms with Gasteiger partial charge < -0.3 is 14.3 Å². The average Bonchev–Trinajstić information content (AvgIpc) is 2.87. The summed E-state index contributed by atoms with van der Waals surface area (Å²) in [5, 5.41) is 2.41. The van der Waals surface area contributed by atoms with Crippen LogP contribution in [0.5, 0.6) is 5.19 Å². The van der Waals surface area contributed by atoms with Crippen molar-refractivity contribution < 1.29 is 14.4 Å². The number of carbonyl (C=O) groups excluding carboxylic acids is 1. The number of hydroxylamine groups is 2. The van der Waals surface area contributed by atoms with Gasteiger partial charge in [0.1, 0.15) is 0 Å². The van der Waals surface area contributed by atoms with Gasteiger partial charge in [-0.15, -0.1) is 6.58 Å². The summed E-state index contributed by atoms with van der Waals surface area (Å²) in [5.41, 5.74) is 0.926. The Bertz CT molecular complexity index is 483. The maximum absolute atomic E-state index is 10.7. The second-order valence-electron chi connectivity index (χ2n) is 4.36. The van der Waals surface area contributed by atoms with Gasteiger partial charge in [-0.05, 0) is 0 Å². The van der Waals surface area contributed by atoms with Gasteiger partial charge in [-0.25, -0.2) is 4.98 Å². The van der Waals surface area contributed by atoms with Crippen LogP contribution in [0.1, 0.15) is 16.6 Å². The van der Waals surface area contributed by atoms with E-state index in [9.17, 15) is 4.79 Å². The molecular weight excluding hydrogens is 277 g/mol. The molecule has 0 aromatic carbocycles. The van der Waals surface area contributed by atoms with Crippen LogP contribution < -0.4 is 4.74 Å². The largest absolute Gasteiger partial charge is 0.473 e. The van der Waals surface area contributed by atoms with Crippen LogP contribution in [0.4, 0.5) is 0 Å². The molecule has 0 fully saturated rings. The summed E-state index contributed by atoms with van der Waals surface area (Å²) in [7, 11) is 5.00. The highest BCUT2D eigenvalue weighted by atomic mass is 32.1. The normalized spacial score (nSPS) is 18.6. The molecule has 0 saturated carbocycles. The van der Waals surface area contributed by atoms with Crippen molar-refractivity contribution in [3.05, 3.63) is 23.2 Å². The van der Waals surface area contributed by atoms with Crippen molar-refractivity contribution in [2.45, 2.75) is 12.6 Å². The summed E-state index contributed by atoms with van der Waals surface area (Å²) in [4.78, 5) is 23.7. The monoisotopic (exact) mass is 294 g/mol. The maximum Gasteiger partial charge on any atom is 0.293 e. The minimum absolute atomic E-state index is 0.0105. The molecule has 20 heavy (non-hydrogen) atoms. The third-order valence-electron chi connectivity index (χ3n) is 3.05. The molecule has 1 aliphatic rings. The Morgan fingerprint density at radius 1 is 1.70 bits per heavy atom. The molecular formula is C12H17BN3O3S. The summed E-state index contributed by atoms with van der Waals surface area (Å²) in [6.07, 6.45) is 2.49. The van der Waals surface area contributed by atoms with Gasteiger partial charge in [-0.1, -0.05) is 17.4 Å². The molecule has 1 aromatic heterocycles. The highest BCUT2D eigenvalue weighted by Crippen LogP contribution is 2.37. The smallest absolute Gasteiger partial charge is 0.293 e. The number of nitrogens with zero attached hydrogens (tertiary/aromatic N) is 3. The summed E-state index contributed by atoms with van der Waals surface area (Å²) in [6, 6.07) is 0.0105. The van der Waals surface area contributed by atoms with Gasteiger partial charge in [0.25, 0.3) is 12.6 Å². The molecule has 107 valence electrons. The van der Waals surface area contributed by atoms with E-state index in [-0.39, 0.29) is 6.04 Å². The maximum atomic E-state index is 10.7. The van der Waals surface area contributed by atoms with E-state index in [1.807, 2.05) is 11.9 Å². The molecule has 1 aliphatic heterocycles. The fourth-order valence-electron chi connectivity index (χ4n) is 2.10. The lowest BCUT2D eigenvalue weighted by atomic mass is 9.90. The summed E-state index contributed by atoms with van der Waals surface area (Å²) >= 11 is 1.52. The van der Waals surface area contributed by atoms with Gasteiger partial charge in [-0.3, -0.25) is 4.84 Å². The molecule has 0 spiro atoms. The number of ether oxygens (including phenoxy) is 1. The number of rotatable bonds is 7. The van der Waals surface area contributed by atoms with Crippen LogP contribution in [0.3, 0.4) is 0 Å². The standard InChI is InChI=1S/C12H17BN3O3S/c1-4-5-19-15(2)10-7-16(13-8-17)6-9-11(10)20-12(14-9)18-3/h4,8,10H,1,5-7H2,2-3H3. The Morgan fingerprint density at radius 2 is 2.50 bits per heavy atom. The van der Waals surface area contributed by atoms with Crippen LogP contribution in [-0.4, -0.2) is 55.8 Å². The van der Waals surface area contributed by atoms with Crippen molar-refractivity contribution in [3.63, 3.8) is 0 Å². The number of thiazole rings is 1. The molecule has 0 aliphatic carbocycles. The molecule has 0 N–H and O–H groups in total. The van der Waals surface area contributed by atoms with E-state index >= 15 is 0 Å². The number of aromatic nitrogens is 1. The van der Waals surface area contributed by atoms with Gasteiger partial charge in [-0.2, -0.15) is 5.06 Å². The van der Waals surface area contributed by atoms with Crippen LogP contribution in [0.25, 0.3) is 0 Å². The second-order valence-corrected chi connectivity index (χ2v) is 5.35. The molecule has 0 saturated heterocycles. The average molecular weight is 294 g/mol. The van der Waals surface area contributed by atoms with Crippen molar-refractivity contribution in [2.24, 2.45) is 0 Å². The number of hydrogen-bond donors (Lipinski definition) is 0. The lowest BCUT2D eigenvalue weighted by Crippen LogP contribution is -2.42. The van der Waals surface area contributed by atoms with E-state index in [0.29, 0.717) is 24.9 Å². The van der Waals surface area contributed by atoms with Crippen LogP contribution >= 0.6 is 11.3 Å². The molecule has 2 heterocycles. The number of methoxy groups -OCH3 is 1. The van der Waals surface area contributed by atoms with Crippen molar-refractivity contribution in [3.8, 4) is 5.19 Å². The highest BCUT2D eigenvalue weighted by Gasteiger charge is 2.32. The topological polar surface area (TPSA) is 54.9 Å². The SMILES string of the molecule is C=CCON(C)C1CN([B]C=O)Cc2nc(OC)sc21. The van der Waals surface area contributed by atoms with Crippen LogP contribution in [0.2, 0.25) is 0 Å². The number of likely N-dealkylation sites (N-methyl/N-ethyl adjacent to an activating group) is 1. The summed E-state index contributed by atoms with van der Waals surface area (Å²) in [5.74, 6) is 0. The van der Waals surface area contributed by atoms with Gasteiger partial charge >= 0.3 is 0 Å². The van der Waals surface area contributed by atoms with Crippen molar-refractivity contribution >= 4 is 24.9 Å². The van der Waals surface area contributed by atoms with Crippen molar-refractivity contribution in [2.75, 3.05) is 27.3 Å². The van der Waals surface area contributed by atoms with E-state index in [1.54, 1.807) is 18.2 Å². The molecule has 1 radical (unpaired) electrons. The van der Waals surface area contributed by atoms with E-state index in [2.05, 4.69) is 11.6 Å². The highest BCUT2D eigenvalue weighted by molar-refractivity contribution is 7.13. The Labute approximate surface area is 123 Å². The minimum Gasteiger partial charge on any atom is -0.473 e. The third kappa shape index (κ3) is 3.27. The fourth-order valence-corrected chi connectivity index (χ4v) is 3.12. The fraction of sp³-hybridized carbons (Fsp3) is 0.500. The molecule has 6 nitrogen and oxygen atoms in total. The molecule has 0 amide bonds. The van der Waals surface area contributed by atoms with Crippen LogP contribution in [0.15, 0.2) is 12.7 Å². The summed E-state index contributed by atoms with van der Waals surface area (Å²) in [6.45, 7) is 5.36. The third-order valence-corrected chi connectivity index (χ3v) is 4.21. The van der Waals surface area contributed by atoms with Crippen LogP contribution in [-0.2, 0) is 16.2 Å². The Morgan fingerprint density at radius 3 is 3.15 bits per heavy atom. The molecule has 1 atom stereocenters. The van der Waals surface area contributed by atoms with E-state index < -0.39 is 0 Å². The van der Waals surface area contributed by atoms with Crippen molar-refractivity contribution in [1.82, 2.24) is 14.9 Å². The zero-order valence-electron chi connectivity index (χ0n) is 11.6. The predicted molar refractivity (Wildman–Crippen MR) is 78.2 cm³/mol. The van der Waals surface area contributed by atoms with Crippen molar-refractivity contribution in [1.29, 1.82) is 0 Å². The number of fused-ring (bicyclic) bond motifs is 1. The molecule has 1 aromatic rings. The second kappa shape index (κ2) is 6.98. The van der Waals surface area contributed by atoms with E-state index in [4.69, 9.17) is 9.57 Å².